The molecule has 2 aromatic rings. The molecule has 3 N–H and O–H groups in total. The number of hydrogen-bond donors (Lipinski definition) is 3. The lowest BCUT2D eigenvalue weighted by Crippen LogP contribution is -2.41. The number of benzene rings is 2. The first kappa shape index (κ1) is 29.7. The Hall–Kier alpha value is -2.86. The van der Waals surface area contributed by atoms with Gasteiger partial charge in [0.25, 0.3) is 11.1 Å². The Morgan fingerprint density at radius 3 is 2.55 bits per heavy atom. The fourth-order valence-corrected chi connectivity index (χ4v) is 4.97. The van der Waals surface area contributed by atoms with Gasteiger partial charge >= 0.3 is 6.18 Å². The molecular formula is C26H28ClF3N4O3S. The van der Waals surface area contributed by atoms with Crippen molar-refractivity contribution in [3.8, 4) is 0 Å². The zero-order valence-electron chi connectivity index (χ0n) is 20.8. The first-order valence-corrected chi connectivity index (χ1v) is 13.0. The number of carbonyl (C=O) groups excluding carboxylic acids is 2. The molecule has 2 aromatic carbocycles. The van der Waals surface area contributed by atoms with Crippen molar-refractivity contribution in [1.29, 1.82) is 5.41 Å². The molecule has 0 spiro atoms. The highest BCUT2D eigenvalue weighted by Crippen LogP contribution is 2.35. The van der Waals surface area contributed by atoms with Gasteiger partial charge in [-0.15, -0.1) is 0 Å². The molecule has 38 heavy (non-hydrogen) atoms. The van der Waals surface area contributed by atoms with Crippen molar-refractivity contribution in [3.05, 3.63) is 68.6 Å². The molecule has 0 bridgehead atoms. The number of carbonyl (C=O) groups is 2. The summed E-state index contributed by atoms with van der Waals surface area (Å²) in [6.45, 7) is 4.83. The summed E-state index contributed by atoms with van der Waals surface area (Å²) in [7, 11) is 0. The lowest BCUT2D eigenvalue weighted by molar-refractivity contribution is -0.138. The molecule has 1 saturated heterocycles. The summed E-state index contributed by atoms with van der Waals surface area (Å²) < 4.78 is 40.2. The summed E-state index contributed by atoms with van der Waals surface area (Å²) in [4.78, 5) is 28.7. The van der Waals surface area contributed by atoms with Gasteiger partial charge in [-0.3, -0.25) is 19.4 Å². The average molecular weight is 569 g/mol. The van der Waals surface area contributed by atoms with E-state index in [1.165, 1.54) is 17.0 Å². The van der Waals surface area contributed by atoms with Crippen molar-refractivity contribution < 1.29 is 27.9 Å². The van der Waals surface area contributed by atoms with E-state index in [4.69, 9.17) is 17.0 Å². The zero-order valence-corrected chi connectivity index (χ0v) is 22.4. The highest BCUT2D eigenvalue weighted by atomic mass is 35.5. The van der Waals surface area contributed by atoms with Crippen molar-refractivity contribution in [1.82, 2.24) is 9.80 Å². The predicted molar refractivity (Wildman–Crippen MR) is 145 cm³/mol. The maximum Gasteiger partial charge on any atom is 0.416 e. The second kappa shape index (κ2) is 12.8. The number of thioether (sulfide) groups is 1. The monoisotopic (exact) mass is 568 g/mol. The second-order valence-electron chi connectivity index (χ2n) is 8.83. The lowest BCUT2D eigenvalue weighted by atomic mass is 10.1. The third kappa shape index (κ3) is 7.37. The van der Waals surface area contributed by atoms with Gasteiger partial charge in [-0.2, -0.15) is 13.2 Å². The van der Waals surface area contributed by atoms with Crippen molar-refractivity contribution in [2.45, 2.75) is 32.6 Å². The Bertz CT molecular complexity index is 1240. The standard InChI is InChI=1S/C26H28ClF3N4O3S/c1-16(2)33(9-10-35)7-8-34-24(36)23(38-25(34)37)12-17-3-6-22(19(11-17)14-31)32-15-18-4-5-20(27)13-21(18)26(28,29)30/h3-6,11-14,16,31-32,35H,7-10,15H2,1-2H3/b23-12-,31-14?. The van der Waals surface area contributed by atoms with Crippen LogP contribution in [0.1, 0.15) is 36.1 Å². The normalized spacial score (nSPS) is 15.3. The van der Waals surface area contributed by atoms with E-state index in [1.54, 1.807) is 24.3 Å². The number of aliphatic hydroxyl groups is 1. The second-order valence-corrected chi connectivity index (χ2v) is 10.3. The minimum Gasteiger partial charge on any atom is -0.395 e. The number of rotatable bonds is 11. The maximum absolute atomic E-state index is 13.4. The van der Waals surface area contributed by atoms with Crippen LogP contribution in [0.4, 0.5) is 23.7 Å². The fraction of sp³-hybridized carbons (Fsp3) is 0.346. The van der Waals surface area contributed by atoms with E-state index in [9.17, 15) is 27.9 Å². The number of nitrogens with one attached hydrogen (secondary N) is 2. The van der Waals surface area contributed by atoms with Crippen LogP contribution in [0.25, 0.3) is 6.08 Å². The first-order valence-electron chi connectivity index (χ1n) is 11.8. The minimum atomic E-state index is -4.56. The Balaban J connectivity index is 1.74. The number of alkyl halides is 3. The van der Waals surface area contributed by atoms with Crippen LogP contribution in [-0.2, 0) is 17.5 Å². The fourth-order valence-electron chi connectivity index (χ4n) is 3.94. The van der Waals surface area contributed by atoms with Gasteiger partial charge in [0.1, 0.15) is 0 Å². The van der Waals surface area contributed by atoms with Crippen LogP contribution in [0.3, 0.4) is 0 Å². The van der Waals surface area contributed by atoms with Gasteiger partial charge in [0.15, 0.2) is 0 Å². The lowest BCUT2D eigenvalue weighted by Gasteiger charge is -2.27. The number of imide groups is 1. The number of nitrogens with zero attached hydrogens (tertiary/aromatic N) is 2. The Morgan fingerprint density at radius 2 is 1.92 bits per heavy atom. The van der Waals surface area contributed by atoms with E-state index in [1.807, 2.05) is 18.7 Å². The van der Waals surface area contributed by atoms with E-state index >= 15 is 0 Å². The summed E-state index contributed by atoms with van der Waals surface area (Å²) >= 11 is 6.56. The number of anilines is 1. The van der Waals surface area contributed by atoms with E-state index in [0.717, 1.165) is 24.0 Å². The Morgan fingerprint density at radius 1 is 1.18 bits per heavy atom. The molecule has 7 nitrogen and oxygen atoms in total. The number of amides is 2. The number of hydrogen-bond acceptors (Lipinski definition) is 7. The number of halogens is 4. The van der Waals surface area contributed by atoms with E-state index in [-0.39, 0.29) is 46.5 Å². The van der Waals surface area contributed by atoms with Gasteiger partial charge in [0, 0.05) is 54.7 Å². The molecule has 0 atom stereocenters. The molecule has 0 radical (unpaired) electrons. The van der Waals surface area contributed by atoms with Crippen LogP contribution in [0.5, 0.6) is 0 Å². The molecule has 1 fully saturated rings. The van der Waals surface area contributed by atoms with Crippen molar-refractivity contribution in [2.24, 2.45) is 0 Å². The molecule has 0 aromatic heterocycles. The van der Waals surface area contributed by atoms with Gasteiger partial charge in [0.2, 0.25) is 0 Å². The van der Waals surface area contributed by atoms with Crippen LogP contribution in [-0.4, -0.2) is 64.6 Å². The van der Waals surface area contributed by atoms with Crippen molar-refractivity contribution >= 4 is 52.5 Å². The Labute approximate surface area is 228 Å². The highest BCUT2D eigenvalue weighted by Gasteiger charge is 2.35. The van der Waals surface area contributed by atoms with Crippen LogP contribution < -0.4 is 5.32 Å². The topological polar surface area (TPSA) is 96.7 Å². The molecule has 204 valence electrons. The SMILES string of the molecule is CC(C)N(CCO)CCN1C(=O)S/C(=C\c2ccc(NCc3ccc(Cl)cc3C(F)(F)F)c(C=N)c2)C1=O. The Kier molecular flexibility index (Phi) is 10.00. The number of aliphatic hydroxyl groups excluding tert-OH is 1. The third-order valence-corrected chi connectivity index (χ3v) is 7.12. The molecule has 2 amide bonds. The zero-order chi connectivity index (χ0) is 28.0. The summed E-state index contributed by atoms with van der Waals surface area (Å²) in [5.74, 6) is -0.422. The predicted octanol–water partition coefficient (Wildman–Crippen LogP) is 5.71. The largest absolute Gasteiger partial charge is 0.416 e. The van der Waals surface area contributed by atoms with E-state index in [0.29, 0.717) is 29.9 Å². The maximum atomic E-state index is 13.4. The summed E-state index contributed by atoms with van der Waals surface area (Å²) in [5, 5.41) is 19.5. The first-order chi connectivity index (χ1) is 17.9. The molecule has 0 saturated carbocycles. The molecule has 0 aliphatic carbocycles. The summed E-state index contributed by atoms with van der Waals surface area (Å²) in [6, 6.07) is 8.57. The quantitative estimate of drug-likeness (QED) is 0.237. The summed E-state index contributed by atoms with van der Waals surface area (Å²) in [6.07, 6.45) is -1.96. The molecule has 3 rings (SSSR count). The van der Waals surface area contributed by atoms with Gasteiger partial charge in [-0.25, -0.2) is 0 Å². The van der Waals surface area contributed by atoms with Gasteiger partial charge in [-0.05, 0) is 67.1 Å². The van der Waals surface area contributed by atoms with Crippen LogP contribution in [0.15, 0.2) is 41.3 Å². The molecule has 1 aliphatic heterocycles. The average Bonchev–Trinajstić information content (AvgIpc) is 3.12. The van der Waals surface area contributed by atoms with Crippen LogP contribution in [0, 0.1) is 5.41 Å². The molecule has 1 heterocycles. The van der Waals surface area contributed by atoms with Crippen molar-refractivity contribution in [3.63, 3.8) is 0 Å². The van der Waals surface area contributed by atoms with E-state index in [2.05, 4.69) is 5.32 Å². The van der Waals surface area contributed by atoms with Gasteiger partial charge in [0.05, 0.1) is 17.1 Å². The molecule has 1 aliphatic rings. The summed E-state index contributed by atoms with van der Waals surface area (Å²) in [5.41, 5.74) is 0.564. The van der Waals surface area contributed by atoms with Crippen molar-refractivity contribution in [2.75, 3.05) is 31.6 Å². The van der Waals surface area contributed by atoms with E-state index < -0.39 is 17.6 Å². The molecular weight excluding hydrogens is 541 g/mol. The van der Waals surface area contributed by atoms with Gasteiger partial charge in [-0.1, -0.05) is 23.7 Å². The van der Waals surface area contributed by atoms with Crippen LogP contribution in [0.2, 0.25) is 5.02 Å². The third-order valence-electron chi connectivity index (χ3n) is 5.98. The molecule has 12 heteroatoms. The van der Waals surface area contributed by atoms with Gasteiger partial charge < -0.3 is 15.8 Å². The smallest absolute Gasteiger partial charge is 0.395 e. The van der Waals surface area contributed by atoms with Crippen LogP contribution >= 0.6 is 23.4 Å². The molecule has 0 unspecified atom stereocenters. The highest BCUT2D eigenvalue weighted by molar-refractivity contribution is 8.18. The minimum absolute atomic E-state index is 0.00519.